The van der Waals surface area contributed by atoms with Crippen molar-refractivity contribution >= 4 is 23.4 Å². The molecule has 0 bridgehead atoms. The molecule has 0 atom stereocenters. The largest absolute Gasteiger partial charge is 0.378 e. The number of pyridine rings is 1. The molecule has 1 N–H and O–H groups in total. The number of rotatable bonds is 4. The van der Waals surface area contributed by atoms with Crippen molar-refractivity contribution in [2.75, 3.05) is 55.5 Å². The van der Waals surface area contributed by atoms with Crippen LogP contribution in [0, 0.1) is 0 Å². The van der Waals surface area contributed by atoms with Crippen LogP contribution in [0.1, 0.15) is 10.4 Å². The highest BCUT2D eigenvalue weighted by Gasteiger charge is 2.18. The third kappa shape index (κ3) is 3.60. The summed E-state index contributed by atoms with van der Waals surface area (Å²) in [6.45, 7) is 2.85. The van der Waals surface area contributed by atoms with Crippen LogP contribution in [0.3, 0.4) is 0 Å². The average molecular weight is 328 g/mol. The van der Waals surface area contributed by atoms with E-state index in [1.807, 2.05) is 19.0 Å². The van der Waals surface area contributed by atoms with Crippen molar-refractivity contribution in [3.05, 3.63) is 36.3 Å². The Morgan fingerprint density at radius 1 is 1.25 bits per heavy atom. The van der Waals surface area contributed by atoms with Gasteiger partial charge in [-0.1, -0.05) is 0 Å². The molecular weight excluding hydrogens is 308 g/mol. The standard InChI is InChI=1S/C16H20N6O2/c1-21(2)14-13(19-15(23)12-3-5-17-6-4-12)11-18-16(20-14)22-7-9-24-10-8-22/h3-6,11H,7-10H2,1-2H3,(H,19,23). The van der Waals surface area contributed by atoms with Gasteiger partial charge in [-0.3, -0.25) is 9.78 Å². The number of carbonyl (C=O) groups excluding carboxylic acids is 1. The fourth-order valence-corrected chi connectivity index (χ4v) is 2.41. The Bertz CT molecular complexity index is 701. The molecule has 0 unspecified atom stereocenters. The molecule has 2 aromatic rings. The maximum atomic E-state index is 12.3. The molecule has 3 heterocycles. The van der Waals surface area contributed by atoms with Crippen molar-refractivity contribution in [3.63, 3.8) is 0 Å². The second kappa shape index (κ2) is 7.22. The summed E-state index contributed by atoms with van der Waals surface area (Å²) in [7, 11) is 3.76. The lowest BCUT2D eigenvalue weighted by Crippen LogP contribution is -2.37. The monoisotopic (exact) mass is 328 g/mol. The molecule has 0 saturated carbocycles. The first-order chi connectivity index (χ1) is 11.6. The van der Waals surface area contributed by atoms with E-state index in [0.29, 0.717) is 36.2 Å². The van der Waals surface area contributed by atoms with Crippen molar-refractivity contribution in [2.24, 2.45) is 0 Å². The van der Waals surface area contributed by atoms with Crippen molar-refractivity contribution in [2.45, 2.75) is 0 Å². The molecule has 3 rings (SSSR count). The highest BCUT2D eigenvalue weighted by molar-refractivity contribution is 6.05. The number of hydrogen-bond acceptors (Lipinski definition) is 7. The Hall–Kier alpha value is -2.74. The number of anilines is 3. The van der Waals surface area contributed by atoms with Crippen LogP contribution in [0.15, 0.2) is 30.7 Å². The Kier molecular flexibility index (Phi) is 4.85. The molecule has 24 heavy (non-hydrogen) atoms. The van der Waals surface area contributed by atoms with E-state index in [1.54, 1.807) is 30.7 Å². The Morgan fingerprint density at radius 3 is 2.62 bits per heavy atom. The van der Waals surface area contributed by atoms with Gasteiger partial charge < -0.3 is 19.9 Å². The number of ether oxygens (including phenoxy) is 1. The summed E-state index contributed by atoms with van der Waals surface area (Å²) in [6, 6.07) is 3.32. The summed E-state index contributed by atoms with van der Waals surface area (Å²) in [6.07, 6.45) is 4.81. The smallest absolute Gasteiger partial charge is 0.255 e. The molecule has 8 heteroatoms. The number of amides is 1. The van der Waals surface area contributed by atoms with Gasteiger partial charge in [-0.05, 0) is 12.1 Å². The molecule has 0 aromatic carbocycles. The molecule has 0 radical (unpaired) electrons. The minimum absolute atomic E-state index is 0.219. The predicted molar refractivity (Wildman–Crippen MR) is 91.6 cm³/mol. The average Bonchev–Trinajstić information content (AvgIpc) is 2.63. The van der Waals surface area contributed by atoms with Crippen LogP contribution in [0.25, 0.3) is 0 Å². The zero-order valence-corrected chi connectivity index (χ0v) is 13.8. The molecule has 8 nitrogen and oxygen atoms in total. The highest BCUT2D eigenvalue weighted by atomic mass is 16.5. The number of nitrogens with one attached hydrogen (secondary N) is 1. The van der Waals surface area contributed by atoms with E-state index in [1.165, 1.54) is 0 Å². The van der Waals surface area contributed by atoms with Gasteiger partial charge in [0, 0.05) is 45.1 Å². The van der Waals surface area contributed by atoms with Crippen LogP contribution in [0.4, 0.5) is 17.5 Å². The molecule has 0 aliphatic carbocycles. The summed E-state index contributed by atoms with van der Waals surface area (Å²) in [5.74, 6) is 1.08. The molecule has 1 fully saturated rings. The number of aromatic nitrogens is 3. The maximum Gasteiger partial charge on any atom is 0.255 e. The molecule has 1 aliphatic rings. The van der Waals surface area contributed by atoms with Gasteiger partial charge in [0.1, 0.15) is 5.69 Å². The minimum atomic E-state index is -0.219. The summed E-state index contributed by atoms with van der Waals surface area (Å²) in [5.41, 5.74) is 1.10. The predicted octanol–water partition coefficient (Wildman–Crippen LogP) is 1.03. The van der Waals surface area contributed by atoms with Gasteiger partial charge in [0.05, 0.1) is 19.4 Å². The number of nitrogens with zero attached hydrogens (tertiary/aromatic N) is 5. The van der Waals surface area contributed by atoms with Crippen LogP contribution in [-0.4, -0.2) is 61.3 Å². The second-order valence-corrected chi connectivity index (χ2v) is 5.59. The van der Waals surface area contributed by atoms with Crippen LogP contribution in [0.2, 0.25) is 0 Å². The lowest BCUT2D eigenvalue weighted by atomic mass is 10.2. The molecular formula is C16H20N6O2. The SMILES string of the molecule is CN(C)c1nc(N2CCOCC2)ncc1NC(=O)c1ccncc1. The zero-order chi connectivity index (χ0) is 16.9. The lowest BCUT2D eigenvalue weighted by Gasteiger charge is -2.28. The molecule has 0 spiro atoms. The van der Waals surface area contributed by atoms with Gasteiger partial charge in [-0.2, -0.15) is 4.98 Å². The number of morpholine rings is 1. The van der Waals surface area contributed by atoms with E-state index in [-0.39, 0.29) is 5.91 Å². The topological polar surface area (TPSA) is 83.5 Å². The molecule has 1 aliphatic heterocycles. The highest BCUT2D eigenvalue weighted by Crippen LogP contribution is 2.24. The lowest BCUT2D eigenvalue weighted by molar-refractivity contribution is 0.102. The van der Waals surface area contributed by atoms with Gasteiger partial charge in [-0.25, -0.2) is 4.98 Å². The van der Waals surface area contributed by atoms with Gasteiger partial charge in [-0.15, -0.1) is 0 Å². The summed E-state index contributed by atoms with van der Waals surface area (Å²) in [5, 5.41) is 2.86. The normalized spacial score (nSPS) is 14.3. The third-order valence-corrected chi connectivity index (χ3v) is 3.66. The Labute approximate surface area is 140 Å². The first-order valence-electron chi connectivity index (χ1n) is 7.73. The first kappa shape index (κ1) is 16.1. The van der Waals surface area contributed by atoms with E-state index >= 15 is 0 Å². The summed E-state index contributed by atoms with van der Waals surface area (Å²) in [4.78, 5) is 29.2. The number of carbonyl (C=O) groups is 1. The van der Waals surface area contributed by atoms with E-state index < -0.39 is 0 Å². The van der Waals surface area contributed by atoms with Crippen molar-refractivity contribution in [3.8, 4) is 0 Å². The van der Waals surface area contributed by atoms with E-state index in [9.17, 15) is 4.79 Å². The summed E-state index contributed by atoms with van der Waals surface area (Å²) < 4.78 is 5.35. The van der Waals surface area contributed by atoms with Crippen LogP contribution in [0.5, 0.6) is 0 Å². The van der Waals surface area contributed by atoms with Crippen molar-refractivity contribution in [1.29, 1.82) is 0 Å². The van der Waals surface area contributed by atoms with Crippen molar-refractivity contribution in [1.82, 2.24) is 15.0 Å². The first-order valence-corrected chi connectivity index (χ1v) is 7.73. The quantitative estimate of drug-likeness (QED) is 0.897. The van der Waals surface area contributed by atoms with Gasteiger partial charge in [0.2, 0.25) is 5.95 Å². The second-order valence-electron chi connectivity index (χ2n) is 5.59. The molecule has 1 saturated heterocycles. The van der Waals surface area contributed by atoms with Gasteiger partial charge >= 0.3 is 0 Å². The summed E-state index contributed by atoms with van der Waals surface area (Å²) >= 11 is 0. The fourth-order valence-electron chi connectivity index (χ4n) is 2.41. The van der Waals surface area contributed by atoms with E-state index in [4.69, 9.17) is 4.74 Å². The Balaban J connectivity index is 1.83. The zero-order valence-electron chi connectivity index (χ0n) is 13.8. The minimum Gasteiger partial charge on any atom is -0.378 e. The maximum absolute atomic E-state index is 12.3. The van der Waals surface area contributed by atoms with E-state index in [2.05, 4.69) is 25.2 Å². The van der Waals surface area contributed by atoms with Crippen LogP contribution < -0.4 is 15.1 Å². The fraction of sp³-hybridized carbons (Fsp3) is 0.375. The number of hydrogen-bond donors (Lipinski definition) is 1. The van der Waals surface area contributed by atoms with Gasteiger partial charge in [0.15, 0.2) is 5.82 Å². The van der Waals surface area contributed by atoms with Crippen molar-refractivity contribution < 1.29 is 9.53 Å². The third-order valence-electron chi connectivity index (χ3n) is 3.66. The molecule has 1 amide bonds. The van der Waals surface area contributed by atoms with E-state index in [0.717, 1.165) is 13.1 Å². The Morgan fingerprint density at radius 2 is 1.96 bits per heavy atom. The molecule has 126 valence electrons. The van der Waals surface area contributed by atoms with Crippen LogP contribution in [-0.2, 0) is 4.74 Å². The van der Waals surface area contributed by atoms with Crippen LogP contribution >= 0.6 is 0 Å². The molecule has 2 aromatic heterocycles. The van der Waals surface area contributed by atoms with Gasteiger partial charge in [0.25, 0.3) is 5.91 Å².